The first kappa shape index (κ1) is 25.7. The lowest BCUT2D eigenvalue weighted by molar-refractivity contribution is -0.0592. The zero-order valence-electron chi connectivity index (χ0n) is 18.5. The summed E-state index contributed by atoms with van der Waals surface area (Å²) in [5.41, 5.74) is -1.20. The molecule has 0 aliphatic heterocycles. The summed E-state index contributed by atoms with van der Waals surface area (Å²) in [5.74, 6) is -1.40. The van der Waals surface area contributed by atoms with Crippen LogP contribution < -0.4 is 0 Å². The van der Waals surface area contributed by atoms with Gasteiger partial charge in [0.15, 0.2) is 0 Å². The lowest BCUT2D eigenvalue weighted by Crippen LogP contribution is -2.41. The van der Waals surface area contributed by atoms with Crippen LogP contribution in [0.25, 0.3) is 11.5 Å². The molecule has 0 unspecified atom stereocenters. The maximum Gasteiger partial charge on any atom is 0.429 e. The smallest absolute Gasteiger partial charge is 0.429 e. The van der Waals surface area contributed by atoms with Crippen LogP contribution in [0.4, 0.5) is 17.6 Å². The number of hydrogen-bond acceptors (Lipinski definition) is 7. The number of aryl methyl sites for hydroxylation is 1. The third-order valence-corrected chi connectivity index (χ3v) is 4.52. The molecule has 8 nitrogen and oxygen atoms in total. The number of amides is 1. The van der Waals surface area contributed by atoms with E-state index in [9.17, 15) is 22.4 Å². The molecule has 12 heteroatoms. The molecule has 0 saturated carbocycles. The first-order valence-electron chi connectivity index (χ1n) is 9.80. The Morgan fingerprint density at radius 2 is 2.06 bits per heavy atom. The van der Waals surface area contributed by atoms with Crippen LogP contribution in [-0.4, -0.2) is 58.8 Å². The fourth-order valence-corrected chi connectivity index (χ4v) is 2.77. The molecule has 2 aromatic rings. The van der Waals surface area contributed by atoms with Crippen LogP contribution in [0, 0.1) is 12.7 Å². The number of halogens is 4. The van der Waals surface area contributed by atoms with E-state index in [1.165, 1.54) is 30.0 Å². The van der Waals surface area contributed by atoms with Gasteiger partial charge in [-0.2, -0.15) is 13.2 Å². The molecule has 0 bridgehead atoms. The molecule has 2 rings (SSSR count). The van der Waals surface area contributed by atoms with E-state index in [2.05, 4.69) is 26.9 Å². The van der Waals surface area contributed by atoms with Crippen molar-refractivity contribution < 1.29 is 31.5 Å². The highest BCUT2D eigenvalue weighted by Gasteiger charge is 2.31. The topological polar surface area (TPSA) is 93.2 Å². The normalized spacial score (nSPS) is 13.6. The van der Waals surface area contributed by atoms with Crippen molar-refractivity contribution in [3.05, 3.63) is 47.6 Å². The second kappa shape index (κ2) is 10.8. The van der Waals surface area contributed by atoms with Crippen LogP contribution in [0.2, 0.25) is 0 Å². The number of likely N-dealkylation sites (N-methyl/N-ethyl adjacent to an activating group) is 1. The van der Waals surface area contributed by atoms with E-state index >= 15 is 0 Å². The molecule has 178 valence electrons. The number of alkyl halides is 3. The summed E-state index contributed by atoms with van der Waals surface area (Å²) in [7, 11) is 0. The molecule has 1 aromatic heterocycles. The highest BCUT2D eigenvalue weighted by atomic mass is 19.4. The molecule has 0 saturated heterocycles. The van der Waals surface area contributed by atoms with Gasteiger partial charge in [-0.1, -0.05) is 6.07 Å². The van der Waals surface area contributed by atoms with Gasteiger partial charge in [0.2, 0.25) is 11.8 Å². The number of hydrogen-bond donors (Lipinski definition) is 0. The monoisotopic (exact) mass is 469 g/mol. The van der Waals surface area contributed by atoms with E-state index in [1.54, 1.807) is 13.8 Å². The number of aromatic nitrogens is 2. The molecular formula is C21H23F4N5O3. The average Bonchev–Trinajstić information content (AvgIpc) is 3.18. The van der Waals surface area contributed by atoms with Crippen LogP contribution in [0.5, 0.6) is 0 Å². The molecule has 0 spiro atoms. The number of rotatable bonds is 9. The van der Waals surface area contributed by atoms with E-state index < -0.39 is 29.7 Å². The molecular weight excluding hydrogens is 446 g/mol. The summed E-state index contributed by atoms with van der Waals surface area (Å²) < 4.78 is 63.0. The minimum absolute atomic E-state index is 0.00960. The Kier molecular flexibility index (Phi) is 8.44. The minimum atomic E-state index is -4.58. The third-order valence-electron chi connectivity index (χ3n) is 4.52. The Morgan fingerprint density at radius 3 is 2.61 bits per heavy atom. The number of benzene rings is 1. The van der Waals surface area contributed by atoms with Crippen LogP contribution in [0.3, 0.4) is 0 Å². The van der Waals surface area contributed by atoms with Gasteiger partial charge >= 0.3 is 6.18 Å². The van der Waals surface area contributed by atoms with Gasteiger partial charge in [-0.3, -0.25) is 9.79 Å². The second-order valence-electron chi connectivity index (χ2n) is 6.88. The Labute approximate surface area is 187 Å². The summed E-state index contributed by atoms with van der Waals surface area (Å²) >= 11 is 0. The molecule has 1 amide bonds. The summed E-state index contributed by atoms with van der Waals surface area (Å²) in [6, 6.07) is 3.42. The van der Waals surface area contributed by atoms with E-state index in [0.717, 1.165) is 13.1 Å². The van der Waals surface area contributed by atoms with Crippen molar-refractivity contribution in [1.82, 2.24) is 15.1 Å². The van der Waals surface area contributed by atoms with Crippen LogP contribution >= 0.6 is 0 Å². The van der Waals surface area contributed by atoms with Crippen LogP contribution in [0.15, 0.2) is 44.7 Å². The predicted octanol–water partition coefficient (Wildman–Crippen LogP) is 4.57. The van der Waals surface area contributed by atoms with Crippen molar-refractivity contribution in [2.24, 2.45) is 9.98 Å². The van der Waals surface area contributed by atoms with E-state index in [-0.39, 0.29) is 41.9 Å². The summed E-state index contributed by atoms with van der Waals surface area (Å²) in [6.07, 6.45) is -3.79. The van der Waals surface area contributed by atoms with Gasteiger partial charge < -0.3 is 14.1 Å². The molecule has 0 fully saturated rings. The third kappa shape index (κ3) is 6.46. The van der Waals surface area contributed by atoms with Gasteiger partial charge in [-0.05, 0) is 39.6 Å². The summed E-state index contributed by atoms with van der Waals surface area (Å²) in [5, 5.41) is 7.48. The minimum Gasteiger partial charge on any atom is -0.474 e. The maximum absolute atomic E-state index is 14.6. The SMILES string of the molecule is C=N/C(=C\N=C(/C)C(F)(F)F)OC[C@H](C)N(CC)C(=O)c1cccc(F)c1-c1nnc(C)o1. The van der Waals surface area contributed by atoms with Gasteiger partial charge in [0.25, 0.3) is 11.8 Å². The van der Waals surface area contributed by atoms with Crippen molar-refractivity contribution in [2.75, 3.05) is 13.2 Å². The fraction of sp³-hybridized carbons (Fsp3) is 0.381. The fourth-order valence-electron chi connectivity index (χ4n) is 2.77. The highest BCUT2D eigenvalue weighted by molar-refractivity contribution is 6.00. The Morgan fingerprint density at radius 1 is 1.36 bits per heavy atom. The Balaban J connectivity index is 2.23. The van der Waals surface area contributed by atoms with Crippen LogP contribution in [-0.2, 0) is 4.74 Å². The Bertz CT molecular complexity index is 1060. The number of nitrogens with zero attached hydrogens (tertiary/aromatic N) is 5. The average molecular weight is 469 g/mol. The standard InChI is InChI=1S/C21H23F4N5O3/c1-6-30(12(2)11-32-17(26-5)10-27-13(3)21(23,24)25)20(31)15-8-7-9-16(22)18(15)19-29-28-14(4)33-19/h7-10,12H,5-6,11H2,1-4H3/b17-10+,27-13+/t12-/m0/s1. The van der Waals surface area contributed by atoms with Crippen molar-refractivity contribution in [1.29, 1.82) is 0 Å². The predicted molar refractivity (Wildman–Crippen MR) is 113 cm³/mol. The van der Waals surface area contributed by atoms with Gasteiger partial charge in [-0.25, -0.2) is 9.38 Å². The molecule has 1 heterocycles. The lowest BCUT2D eigenvalue weighted by Gasteiger charge is -2.28. The van der Waals surface area contributed by atoms with Crippen molar-refractivity contribution in [3.63, 3.8) is 0 Å². The number of aliphatic imine (C=N–C) groups is 2. The number of carbonyl (C=O) groups is 1. The summed E-state index contributed by atoms with van der Waals surface area (Å²) in [4.78, 5) is 21.4. The van der Waals surface area contributed by atoms with Gasteiger partial charge in [0, 0.05) is 13.5 Å². The van der Waals surface area contributed by atoms with E-state index in [4.69, 9.17) is 9.15 Å². The maximum atomic E-state index is 14.6. The van der Waals surface area contributed by atoms with Crippen molar-refractivity contribution in [3.8, 4) is 11.5 Å². The van der Waals surface area contributed by atoms with Gasteiger partial charge in [-0.15, -0.1) is 10.2 Å². The summed E-state index contributed by atoms with van der Waals surface area (Å²) in [6.45, 7) is 9.05. The quantitative estimate of drug-likeness (QED) is 0.305. The first-order valence-corrected chi connectivity index (χ1v) is 9.80. The first-order chi connectivity index (χ1) is 15.5. The largest absolute Gasteiger partial charge is 0.474 e. The zero-order chi connectivity index (χ0) is 24.8. The molecule has 0 aliphatic carbocycles. The van der Waals surface area contributed by atoms with Gasteiger partial charge in [0.05, 0.1) is 23.4 Å². The number of carbonyl (C=O) groups excluding carboxylic acids is 1. The molecule has 33 heavy (non-hydrogen) atoms. The molecule has 0 N–H and O–H groups in total. The van der Waals surface area contributed by atoms with Crippen molar-refractivity contribution in [2.45, 2.75) is 39.9 Å². The van der Waals surface area contributed by atoms with E-state index in [1.807, 2.05) is 0 Å². The zero-order valence-corrected chi connectivity index (χ0v) is 18.5. The van der Waals surface area contributed by atoms with Crippen molar-refractivity contribution >= 4 is 18.3 Å². The van der Waals surface area contributed by atoms with E-state index in [0.29, 0.717) is 0 Å². The lowest BCUT2D eigenvalue weighted by atomic mass is 10.0. The van der Waals surface area contributed by atoms with Crippen LogP contribution in [0.1, 0.15) is 37.0 Å². The second-order valence-corrected chi connectivity index (χ2v) is 6.88. The highest BCUT2D eigenvalue weighted by Crippen LogP contribution is 2.27. The molecule has 1 atom stereocenters. The number of ether oxygens (including phenoxy) is 1. The van der Waals surface area contributed by atoms with Gasteiger partial charge in [0.1, 0.15) is 18.1 Å². The Hall–Kier alpha value is -3.57. The molecule has 0 radical (unpaired) electrons. The molecule has 0 aliphatic rings. The molecule has 1 aromatic carbocycles.